The first-order valence-electron chi connectivity index (χ1n) is 6.42. The minimum absolute atomic E-state index is 0.200. The lowest BCUT2D eigenvalue weighted by Gasteiger charge is -2.24. The maximum absolute atomic E-state index is 11.9. The lowest BCUT2D eigenvalue weighted by molar-refractivity contribution is -0.130. The van der Waals surface area contributed by atoms with Gasteiger partial charge in [0.25, 0.3) is 5.91 Å². The van der Waals surface area contributed by atoms with E-state index in [1.54, 1.807) is 6.07 Å². The van der Waals surface area contributed by atoms with Gasteiger partial charge in [-0.05, 0) is 25.5 Å². The van der Waals surface area contributed by atoms with Crippen molar-refractivity contribution < 1.29 is 14.3 Å². The van der Waals surface area contributed by atoms with Gasteiger partial charge in [0.2, 0.25) is 6.10 Å². The van der Waals surface area contributed by atoms with Gasteiger partial charge < -0.3 is 9.47 Å². The standard InChI is InChI=1S/C14H18N2O3/c1-3-6-10(2)15-16-14(17)13-9-18-11-7-4-5-8-12(11)19-13/h4-5,7-8,13H,3,6,9H2,1-2H3,(H,16,17)/b15-10-/t13-/m1/s1. The molecule has 1 heterocycles. The van der Waals surface area contributed by atoms with Crippen LogP contribution in [0, 0.1) is 0 Å². The molecule has 0 saturated heterocycles. The molecule has 0 unspecified atom stereocenters. The van der Waals surface area contributed by atoms with Gasteiger partial charge in [-0.25, -0.2) is 5.43 Å². The molecule has 1 amide bonds. The highest BCUT2D eigenvalue weighted by molar-refractivity contribution is 5.86. The molecule has 0 bridgehead atoms. The van der Waals surface area contributed by atoms with Gasteiger partial charge >= 0.3 is 0 Å². The van der Waals surface area contributed by atoms with Gasteiger partial charge in [0.1, 0.15) is 6.61 Å². The monoisotopic (exact) mass is 262 g/mol. The normalized spacial score (nSPS) is 18.0. The van der Waals surface area contributed by atoms with Gasteiger partial charge in [0.15, 0.2) is 11.5 Å². The summed E-state index contributed by atoms with van der Waals surface area (Å²) in [6.45, 7) is 4.15. The molecule has 0 aliphatic carbocycles. The van der Waals surface area contributed by atoms with E-state index in [2.05, 4.69) is 17.5 Å². The molecule has 1 aromatic rings. The van der Waals surface area contributed by atoms with Gasteiger partial charge in [-0.3, -0.25) is 4.79 Å². The molecule has 5 nitrogen and oxygen atoms in total. The smallest absolute Gasteiger partial charge is 0.284 e. The Kier molecular flexibility index (Phi) is 4.39. The maximum Gasteiger partial charge on any atom is 0.284 e. The zero-order valence-electron chi connectivity index (χ0n) is 11.2. The summed E-state index contributed by atoms with van der Waals surface area (Å²) in [6, 6.07) is 7.29. The van der Waals surface area contributed by atoms with E-state index in [1.807, 2.05) is 25.1 Å². The minimum Gasteiger partial charge on any atom is -0.485 e. The van der Waals surface area contributed by atoms with E-state index in [9.17, 15) is 4.79 Å². The maximum atomic E-state index is 11.9. The van der Waals surface area contributed by atoms with Crippen LogP contribution in [0.4, 0.5) is 0 Å². The third-order valence-electron chi connectivity index (χ3n) is 2.77. The SMILES string of the molecule is CCC/C(C)=N\NC(=O)[C@H]1COc2ccccc2O1. The number of amides is 1. The molecule has 1 aromatic carbocycles. The molecule has 0 aromatic heterocycles. The molecule has 1 aliphatic heterocycles. The Morgan fingerprint density at radius 3 is 2.89 bits per heavy atom. The topological polar surface area (TPSA) is 59.9 Å². The van der Waals surface area contributed by atoms with Crippen LogP contribution < -0.4 is 14.9 Å². The molecule has 102 valence electrons. The van der Waals surface area contributed by atoms with Crippen LogP contribution >= 0.6 is 0 Å². The van der Waals surface area contributed by atoms with Crippen LogP contribution in [0.15, 0.2) is 29.4 Å². The molecular weight excluding hydrogens is 244 g/mol. The molecule has 0 radical (unpaired) electrons. The van der Waals surface area contributed by atoms with Gasteiger partial charge in [-0.15, -0.1) is 0 Å². The number of para-hydroxylation sites is 2. The zero-order valence-corrected chi connectivity index (χ0v) is 11.2. The number of carbonyl (C=O) groups excluding carboxylic acids is 1. The van der Waals surface area contributed by atoms with E-state index < -0.39 is 6.10 Å². The summed E-state index contributed by atoms with van der Waals surface area (Å²) in [5, 5.41) is 4.03. The summed E-state index contributed by atoms with van der Waals surface area (Å²) in [5.74, 6) is 0.963. The van der Waals surface area contributed by atoms with Crippen molar-refractivity contribution in [3.63, 3.8) is 0 Å². The second-order valence-corrected chi connectivity index (χ2v) is 4.44. The lowest BCUT2D eigenvalue weighted by atomic mass is 10.2. The summed E-state index contributed by atoms with van der Waals surface area (Å²) in [5.41, 5.74) is 3.41. The first kappa shape index (κ1) is 13.4. The number of fused-ring (bicyclic) bond motifs is 1. The van der Waals surface area contributed by atoms with E-state index in [1.165, 1.54) is 0 Å². The number of rotatable bonds is 4. The van der Waals surface area contributed by atoms with Crippen LogP contribution in [0.1, 0.15) is 26.7 Å². The van der Waals surface area contributed by atoms with Gasteiger partial charge in [0, 0.05) is 5.71 Å². The molecule has 0 spiro atoms. The van der Waals surface area contributed by atoms with Crippen molar-refractivity contribution in [2.45, 2.75) is 32.8 Å². The fourth-order valence-corrected chi connectivity index (χ4v) is 1.79. The Morgan fingerprint density at radius 1 is 1.42 bits per heavy atom. The highest BCUT2D eigenvalue weighted by Gasteiger charge is 2.26. The quantitative estimate of drug-likeness (QED) is 0.668. The van der Waals surface area contributed by atoms with Gasteiger partial charge in [0.05, 0.1) is 0 Å². The number of benzene rings is 1. The third-order valence-corrected chi connectivity index (χ3v) is 2.77. The Balaban J connectivity index is 1.94. The van der Waals surface area contributed by atoms with Crippen molar-refractivity contribution in [1.82, 2.24) is 5.43 Å². The van der Waals surface area contributed by atoms with E-state index >= 15 is 0 Å². The van der Waals surface area contributed by atoms with Crippen molar-refractivity contribution >= 4 is 11.6 Å². The van der Waals surface area contributed by atoms with Crippen molar-refractivity contribution in [2.24, 2.45) is 5.10 Å². The second kappa shape index (κ2) is 6.22. The van der Waals surface area contributed by atoms with Crippen LogP contribution in [-0.2, 0) is 4.79 Å². The summed E-state index contributed by atoms with van der Waals surface area (Å²) in [7, 11) is 0. The summed E-state index contributed by atoms with van der Waals surface area (Å²) >= 11 is 0. The van der Waals surface area contributed by atoms with Crippen LogP contribution in [0.3, 0.4) is 0 Å². The fourth-order valence-electron chi connectivity index (χ4n) is 1.79. The van der Waals surface area contributed by atoms with Crippen LogP contribution in [0.5, 0.6) is 11.5 Å². The predicted molar refractivity (Wildman–Crippen MR) is 72.5 cm³/mol. The average Bonchev–Trinajstić information content (AvgIpc) is 2.44. The molecule has 0 fully saturated rings. The highest BCUT2D eigenvalue weighted by atomic mass is 16.6. The fraction of sp³-hybridized carbons (Fsp3) is 0.429. The Hall–Kier alpha value is -2.04. The molecular formula is C14H18N2O3. The molecule has 19 heavy (non-hydrogen) atoms. The van der Waals surface area contributed by atoms with E-state index in [0.29, 0.717) is 11.5 Å². The summed E-state index contributed by atoms with van der Waals surface area (Å²) in [6.07, 6.45) is 1.21. The Morgan fingerprint density at radius 2 is 2.16 bits per heavy atom. The van der Waals surface area contributed by atoms with Crippen molar-refractivity contribution in [3.05, 3.63) is 24.3 Å². The van der Waals surface area contributed by atoms with Crippen molar-refractivity contribution in [3.8, 4) is 11.5 Å². The molecule has 1 aliphatic rings. The zero-order chi connectivity index (χ0) is 13.7. The number of ether oxygens (including phenoxy) is 2. The van der Waals surface area contributed by atoms with Crippen LogP contribution in [-0.4, -0.2) is 24.3 Å². The van der Waals surface area contributed by atoms with Crippen LogP contribution in [0.2, 0.25) is 0 Å². The van der Waals surface area contributed by atoms with E-state index in [0.717, 1.165) is 18.6 Å². The number of nitrogens with one attached hydrogen (secondary N) is 1. The largest absolute Gasteiger partial charge is 0.485 e. The summed E-state index contributed by atoms with van der Waals surface area (Å²) in [4.78, 5) is 11.9. The highest BCUT2D eigenvalue weighted by Crippen LogP contribution is 2.30. The molecule has 5 heteroatoms. The first-order valence-corrected chi connectivity index (χ1v) is 6.42. The first-order chi connectivity index (χ1) is 9.20. The Bertz CT molecular complexity index is 485. The van der Waals surface area contributed by atoms with E-state index in [-0.39, 0.29) is 12.5 Å². The minimum atomic E-state index is -0.659. The second-order valence-electron chi connectivity index (χ2n) is 4.44. The number of hydrogen-bond acceptors (Lipinski definition) is 4. The molecule has 0 saturated carbocycles. The predicted octanol–water partition coefficient (Wildman–Crippen LogP) is 2.12. The number of hydrogen-bond donors (Lipinski definition) is 1. The summed E-state index contributed by atoms with van der Waals surface area (Å²) < 4.78 is 11.1. The Labute approximate surface area is 112 Å². The number of hydrazone groups is 1. The molecule has 2 rings (SSSR count). The van der Waals surface area contributed by atoms with Crippen LogP contribution in [0.25, 0.3) is 0 Å². The number of nitrogens with zero attached hydrogens (tertiary/aromatic N) is 1. The van der Waals surface area contributed by atoms with Crippen molar-refractivity contribution in [2.75, 3.05) is 6.61 Å². The molecule has 1 atom stereocenters. The number of carbonyl (C=O) groups is 1. The van der Waals surface area contributed by atoms with Gasteiger partial charge in [-0.2, -0.15) is 5.10 Å². The van der Waals surface area contributed by atoms with Crippen molar-refractivity contribution in [1.29, 1.82) is 0 Å². The average molecular weight is 262 g/mol. The lowest BCUT2D eigenvalue weighted by Crippen LogP contribution is -2.42. The molecule has 1 N–H and O–H groups in total. The third kappa shape index (κ3) is 3.47. The van der Waals surface area contributed by atoms with Gasteiger partial charge in [-0.1, -0.05) is 25.5 Å². The van der Waals surface area contributed by atoms with E-state index in [4.69, 9.17) is 9.47 Å².